The summed E-state index contributed by atoms with van der Waals surface area (Å²) in [5, 5.41) is 20.6. The van der Waals surface area contributed by atoms with Gasteiger partial charge in [0.25, 0.3) is 11.8 Å². The monoisotopic (exact) mass is 853 g/mol. The molecule has 0 spiro atoms. The van der Waals surface area contributed by atoms with Crippen LogP contribution in [0.25, 0.3) is 0 Å². The lowest BCUT2D eigenvalue weighted by atomic mass is 10.4. The van der Waals surface area contributed by atoms with Crippen molar-refractivity contribution in [3.63, 3.8) is 0 Å². The van der Waals surface area contributed by atoms with Crippen molar-refractivity contribution < 1.29 is 39.0 Å². The molecule has 0 unspecified atom stereocenters. The molecule has 0 saturated carbocycles. The largest absolute Gasteiger partial charge is 0.481 e. The van der Waals surface area contributed by atoms with Crippen molar-refractivity contribution in [1.82, 2.24) is 25.0 Å². The summed E-state index contributed by atoms with van der Waals surface area (Å²) >= 11 is 3.68. The number of carbonyl (C=O) groups excluding carboxylic acids is 3. The molecular weight excluding hydrogens is 819 g/mol. The molecule has 5 rings (SSSR count). The number of aromatic nitrogens is 4. The topological polar surface area (TPSA) is 190 Å². The molecule has 13 nitrogen and oxygen atoms in total. The van der Waals surface area contributed by atoms with E-state index < -0.39 is 29.7 Å². The molecule has 20 heteroatoms. The highest BCUT2D eigenvalue weighted by atomic mass is 33.1. The van der Waals surface area contributed by atoms with Gasteiger partial charge in [-0.25, -0.2) is 24.7 Å². The molecule has 1 aliphatic rings. The second kappa shape index (κ2) is 29.0. The van der Waals surface area contributed by atoms with E-state index in [1.807, 2.05) is 72.8 Å². The fourth-order valence-electron chi connectivity index (χ4n) is 3.03. The van der Waals surface area contributed by atoms with Crippen LogP contribution in [0.15, 0.2) is 118 Å². The predicted molar refractivity (Wildman–Crippen MR) is 215 cm³/mol. The number of imide groups is 1. The number of carboxylic acid groups (broad SMARTS) is 2. The zero-order valence-electron chi connectivity index (χ0n) is 27.9. The average Bonchev–Trinajstić information content (AvgIpc) is 3.49. The summed E-state index contributed by atoms with van der Waals surface area (Å²) in [7, 11) is 9.16. The van der Waals surface area contributed by atoms with Crippen molar-refractivity contribution in [2.45, 2.75) is 52.2 Å². The van der Waals surface area contributed by atoms with Crippen LogP contribution in [0.2, 0.25) is 0 Å². The number of pyridine rings is 4. The van der Waals surface area contributed by atoms with Crippen LogP contribution in [-0.4, -0.2) is 82.2 Å². The van der Waals surface area contributed by atoms with Gasteiger partial charge in [0.1, 0.15) is 20.1 Å². The SMILES string of the molecule is O=C(CCSSc1ccccn1)ON1C(=O)CCC1=O.O=C(O)CCS.O=C(O)CCSSc1ccccn1.c1ccc(SSc2ccccn2)nc1. The maximum Gasteiger partial charge on any atom is 0.334 e. The Bertz CT molecular complexity index is 1600. The van der Waals surface area contributed by atoms with Gasteiger partial charge in [-0.2, -0.15) is 12.6 Å². The van der Waals surface area contributed by atoms with Gasteiger partial charge >= 0.3 is 17.9 Å². The molecule has 282 valence electrons. The second-order valence-corrected chi connectivity index (χ2v) is 16.9. The van der Waals surface area contributed by atoms with E-state index in [1.165, 1.54) is 43.2 Å². The van der Waals surface area contributed by atoms with Crippen LogP contribution in [0, 0.1) is 0 Å². The highest BCUT2D eigenvalue weighted by Gasteiger charge is 2.32. The summed E-state index contributed by atoms with van der Waals surface area (Å²) in [5.41, 5.74) is 0. The summed E-state index contributed by atoms with van der Waals surface area (Å²) < 4.78 is 0. The van der Waals surface area contributed by atoms with Gasteiger partial charge in [-0.15, -0.1) is 5.06 Å². The number of carbonyl (C=O) groups is 5. The number of thiol groups is 1. The van der Waals surface area contributed by atoms with E-state index in [0.717, 1.165) is 20.1 Å². The van der Waals surface area contributed by atoms with E-state index in [2.05, 4.69) is 32.6 Å². The molecule has 0 aromatic carbocycles. The van der Waals surface area contributed by atoms with Gasteiger partial charge < -0.3 is 15.1 Å². The zero-order valence-corrected chi connectivity index (χ0v) is 33.7. The summed E-state index contributed by atoms with van der Waals surface area (Å²) in [5.74, 6) is -1.50. The van der Waals surface area contributed by atoms with Crippen LogP contribution < -0.4 is 0 Å². The lowest BCUT2D eigenvalue weighted by molar-refractivity contribution is -0.197. The molecule has 1 aliphatic heterocycles. The number of nitrogens with zero attached hydrogens (tertiary/aromatic N) is 5. The van der Waals surface area contributed by atoms with Gasteiger partial charge in [0.2, 0.25) is 0 Å². The highest BCUT2D eigenvalue weighted by molar-refractivity contribution is 8.77. The molecule has 0 aliphatic carbocycles. The first kappa shape index (κ1) is 45.8. The van der Waals surface area contributed by atoms with Crippen molar-refractivity contribution in [3.8, 4) is 0 Å². The van der Waals surface area contributed by atoms with E-state index in [1.54, 1.807) is 46.4 Å². The molecule has 1 fully saturated rings. The van der Waals surface area contributed by atoms with Crippen LogP contribution >= 0.6 is 77.4 Å². The van der Waals surface area contributed by atoms with E-state index in [4.69, 9.17) is 15.1 Å². The first-order valence-electron chi connectivity index (χ1n) is 15.4. The Balaban J connectivity index is 0.000000261. The van der Waals surface area contributed by atoms with E-state index in [9.17, 15) is 24.0 Å². The minimum atomic E-state index is -0.787. The number of amides is 2. The molecule has 2 amide bonds. The Labute approximate surface area is 336 Å². The third-order valence-electron chi connectivity index (χ3n) is 5.37. The number of hydrogen-bond donors (Lipinski definition) is 3. The second-order valence-electron chi connectivity index (χ2n) is 9.46. The minimum absolute atomic E-state index is 0.108. The third kappa shape index (κ3) is 23.1. The van der Waals surface area contributed by atoms with E-state index in [-0.39, 0.29) is 32.1 Å². The minimum Gasteiger partial charge on any atom is -0.481 e. The highest BCUT2D eigenvalue weighted by Crippen LogP contribution is 2.34. The maximum absolute atomic E-state index is 11.5. The Hall–Kier alpha value is -3.40. The molecule has 0 bridgehead atoms. The molecule has 0 radical (unpaired) electrons. The number of hydrogen-bond acceptors (Lipinski definition) is 17. The predicted octanol–water partition coefficient (Wildman–Crippen LogP) is 7.78. The van der Waals surface area contributed by atoms with E-state index in [0.29, 0.717) is 22.3 Å². The van der Waals surface area contributed by atoms with Crippen molar-refractivity contribution in [3.05, 3.63) is 97.6 Å². The fourth-order valence-corrected chi connectivity index (χ4v) is 8.68. The molecular formula is C33H35N5O8S7. The van der Waals surface area contributed by atoms with Crippen molar-refractivity contribution >= 4 is 107 Å². The Morgan fingerprint density at radius 1 is 0.604 bits per heavy atom. The van der Waals surface area contributed by atoms with Gasteiger partial charge in [-0.1, -0.05) is 45.9 Å². The van der Waals surface area contributed by atoms with Crippen LogP contribution in [-0.2, 0) is 28.8 Å². The normalized spacial score (nSPS) is 11.5. The van der Waals surface area contributed by atoms with Crippen molar-refractivity contribution in [2.24, 2.45) is 0 Å². The fraction of sp³-hybridized carbons (Fsp3) is 0.242. The quantitative estimate of drug-likeness (QED) is 0.0428. The molecule has 1 saturated heterocycles. The average molecular weight is 854 g/mol. The molecule has 4 aromatic heterocycles. The lowest BCUT2D eigenvalue weighted by Gasteiger charge is -2.12. The Morgan fingerprint density at radius 2 is 0.981 bits per heavy atom. The summed E-state index contributed by atoms with van der Waals surface area (Å²) in [6, 6.07) is 23.0. The third-order valence-corrected chi connectivity index (χ3v) is 12.3. The van der Waals surface area contributed by atoms with Crippen LogP contribution in [0.5, 0.6) is 0 Å². The number of carboxylic acids is 2. The van der Waals surface area contributed by atoms with Crippen molar-refractivity contribution in [2.75, 3.05) is 17.3 Å². The number of rotatable bonds is 16. The first-order valence-corrected chi connectivity index (χ1v) is 22.8. The number of hydroxylamine groups is 2. The molecule has 5 heterocycles. The van der Waals surface area contributed by atoms with Crippen LogP contribution in [0.3, 0.4) is 0 Å². The van der Waals surface area contributed by atoms with Gasteiger partial charge in [-0.3, -0.25) is 19.2 Å². The Morgan fingerprint density at radius 3 is 1.30 bits per heavy atom. The maximum atomic E-state index is 11.5. The van der Waals surface area contributed by atoms with Gasteiger partial charge in [0.05, 0.1) is 19.3 Å². The van der Waals surface area contributed by atoms with Gasteiger partial charge in [0, 0.05) is 54.9 Å². The van der Waals surface area contributed by atoms with Crippen LogP contribution in [0.4, 0.5) is 0 Å². The van der Waals surface area contributed by atoms with Crippen molar-refractivity contribution in [1.29, 1.82) is 0 Å². The summed E-state index contributed by atoms with van der Waals surface area (Å²) in [6.45, 7) is 0. The van der Waals surface area contributed by atoms with E-state index >= 15 is 0 Å². The number of aliphatic carboxylic acids is 2. The summed E-state index contributed by atoms with van der Waals surface area (Å²) in [4.78, 5) is 75.1. The Kier molecular flexibility index (Phi) is 25.1. The lowest BCUT2D eigenvalue weighted by Crippen LogP contribution is -2.32. The summed E-state index contributed by atoms with van der Waals surface area (Å²) in [6.07, 6.45) is 7.70. The first-order chi connectivity index (χ1) is 25.7. The molecule has 0 atom stereocenters. The molecule has 2 N–H and O–H groups in total. The van der Waals surface area contributed by atoms with Gasteiger partial charge in [-0.05, 0) is 91.7 Å². The van der Waals surface area contributed by atoms with Crippen LogP contribution in [0.1, 0.15) is 32.1 Å². The van der Waals surface area contributed by atoms with Gasteiger partial charge in [0.15, 0.2) is 0 Å². The zero-order chi connectivity index (χ0) is 38.5. The smallest absolute Gasteiger partial charge is 0.334 e. The molecule has 53 heavy (non-hydrogen) atoms. The standard InChI is InChI=1S/C12H12N2O4S2.C10H8N2S2.C8H9NO2S2.C3H6O2S/c15-10-4-5-11(16)14(10)18-12(17)6-8-19-20-9-3-1-2-7-13-9;1-3-7-11-9(5-1)13-14-10-6-2-4-8-12-10;10-8(11)4-6-12-13-7-3-1-2-5-9-7;4-3(5)1-2-6/h1-3,7H,4-6,8H2;1-8H;1-3,5H,4,6H2,(H,10,11);6H,1-2H2,(H,4,5). The molecule has 4 aromatic rings.